The average molecular weight is 313 g/mol. The van der Waals surface area contributed by atoms with Gasteiger partial charge < -0.3 is 4.90 Å². The zero-order chi connectivity index (χ0) is 16.2. The van der Waals surface area contributed by atoms with E-state index in [9.17, 15) is 17.6 Å². The molecule has 0 aliphatic rings. The lowest BCUT2D eigenvalue weighted by Crippen LogP contribution is -2.42. The number of amides is 1. The second-order valence-corrected chi connectivity index (χ2v) is 7.22. The lowest BCUT2D eigenvalue weighted by atomic mass is 10.3. The van der Waals surface area contributed by atoms with Crippen LogP contribution in [0.25, 0.3) is 0 Å². The Morgan fingerprint density at radius 1 is 1.33 bits per heavy atom. The van der Waals surface area contributed by atoms with E-state index in [2.05, 4.69) is 6.58 Å². The molecule has 1 rings (SSSR count). The van der Waals surface area contributed by atoms with Crippen molar-refractivity contribution >= 4 is 15.7 Å². The Kier molecular flexibility index (Phi) is 5.66. The highest BCUT2D eigenvalue weighted by atomic mass is 32.2. The number of sulfone groups is 1. The van der Waals surface area contributed by atoms with E-state index in [1.165, 1.54) is 24.0 Å². The van der Waals surface area contributed by atoms with E-state index in [4.69, 9.17) is 0 Å². The lowest BCUT2D eigenvalue weighted by Gasteiger charge is -2.24. The largest absolute Gasteiger partial charge is 0.338 e. The molecule has 0 fully saturated rings. The van der Waals surface area contributed by atoms with Crippen LogP contribution in [0.2, 0.25) is 0 Å². The monoisotopic (exact) mass is 313 g/mol. The number of hydrogen-bond donors (Lipinski definition) is 0. The smallest absolute Gasteiger partial charge is 0.241 e. The summed E-state index contributed by atoms with van der Waals surface area (Å²) in [7, 11) is -3.83. The molecule has 4 nitrogen and oxygen atoms in total. The van der Waals surface area contributed by atoms with Crippen LogP contribution in [0.3, 0.4) is 0 Å². The molecule has 0 aliphatic carbocycles. The molecule has 1 aromatic rings. The van der Waals surface area contributed by atoms with Crippen molar-refractivity contribution in [3.63, 3.8) is 0 Å². The van der Waals surface area contributed by atoms with E-state index in [0.717, 1.165) is 17.7 Å². The first-order chi connectivity index (χ1) is 9.70. The zero-order valence-electron chi connectivity index (χ0n) is 12.5. The zero-order valence-corrected chi connectivity index (χ0v) is 13.3. The first-order valence-corrected chi connectivity index (χ1v) is 8.17. The molecule has 6 heteroatoms. The maximum Gasteiger partial charge on any atom is 0.241 e. The van der Waals surface area contributed by atoms with Gasteiger partial charge in [0.2, 0.25) is 5.91 Å². The normalized spacial score (nSPS) is 12.8. The van der Waals surface area contributed by atoms with Gasteiger partial charge in [-0.3, -0.25) is 4.79 Å². The number of carbonyl (C=O) groups excluding carboxylic acids is 1. The standard InChI is InChI=1S/C15H20FNO3S/c1-5-17(10-11(2)3)15(18)12(4)21(19,20)14-8-6-13(16)7-9-14/h6-9,12H,2,5,10H2,1,3-4H3/t12-/m1/s1. The molecule has 0 aliphatic heterocycles. The Hall–Kier alpha value is -1.69. The van der Waals surface area contributed by atoms with Crippen LogP contribution in [-0.2, 0) is 14.6 Å². The topological polar surface area (TPSA) is 54.5 Å². The summed E-state index contributed by atoms with van der Waals surface area (Å²) >= 11 is 0. The summed E-state index contributed by atoms with van der Waals surface area (Å²) in [6.07, 6.45) is 0. The van der Waals surface area contributed by atoms with Crippen molar-refractivity contribution in [3.05, 3.63) is 42.2 Å². The van der Waals surface area contributed by atoms with Gasteiger partial charge in [-0.15, -0.1) is 0 Å². The van der Waals surface area contributed by atoms with Gasteiger partial charge in [-0.25, -0.2) is 12.8 Å². The van der Waals surface area contributed by atoms with Crippen LogP contribution in [0.1, 0.15) is 20.8 Å². The van der Waals surface area contributed by atoms with E-state index in [-0.39, 0.29) is 4.90 Å². The predicted molar refractivity (Wildman–Crippen MR) is 80.1 cm³/mol. The van der Waals surface area contributed by atoms with E-state index < -0.39 is 26.8 Å². The van der Waals surface area contributed by atoms with Gasteiger partial charge in [0.15, 0.2) is 9.84 Å². The summed E-state index contributed by atoms with van der Waals surface area (Å²) in [6.45, 7) is 9.34. The molecular weight excluding hydrogens is 293 g/mol. The minimum atomic E-state index is -3.83. The van der Waals surface area contributed by atoms with E-state index in [0.29, 0.717) is 13.1 Å². The fraction of sp³-hybridized carbons (Fsp3) is 0.400. The third kappa shape index (κ3) is 4.14. The van der Waals surface area contributed by atoms with Gasteiger partial charge in [-0.05, 0) is 45.0 Å². The Morgan fingerprint density at radius 2 is 1.86 bits per heavy atom. The molecule has 0 saturated heterocycles. The molecular formula is C15H20FNO3S. The molecule has 116 valence electrons. The van der Waals surface area contributed by atoms with Gasteiger partial charge in [-0.1, -0.05) is 12.2 Å². The third-order valence-corrected chi connectivity index (χ3v) is 5.17. The third-order valence-electron chi connectivity index (χ3n) is 3.11. The highest BCUT2D eigenvalue weighted by Gasteiger charge is 2.32. The van der Waals surface area contributed by atoms with Crippen LogP contribution >= 0.6 is 0 Å². The fourth-order valence-electron chi connectivity index (χ4n) is 1.89. The summed E-state index contributed by atoms with van der Waals surface area (Å²) in [4.78, 5) is 13.7. The molecule has 1 amide bonds. The fourth-order valence-corrected chi connectivity index (χ4v) is 3.23. The average Bonchev–Trinajstić information content (AvgIpc) is 2.43. The molecule has 0 saturated carbocycles. The highest BCUT2D eigenvalue weighted by Crippen LogP contribution is 2.18. The minimum absolute atomic E-state index is 0.0591. The van der Waals surface area contributed by atoms with E-state index in [1.807, 2.05) is 0 Å². The molecule has 0 heterocycles. The number of rotatable bonds is 6. The van der Waals surface area contributed by atoms with Crippen molar-refractivity contribution in [2.24, 2.45) is 0 Å². The van der Waals surface area contributed by atoms with E-state index in [1.54, 1.807) is 13.8 Å². The second-order valence-electron chi connectivity index (χ2n) is 4.95. The lowest BCUT2D eigenvalue weighted by molar-refractivity contribution is -0.129. The predicted octanol–water partition coefficient (Wildman–Crippen LogP) is 2.41. The molecule has 0 N–H and O–H groups in total. The van der Waals surface area contributed by atoms with Crippen molar-refractivity contribution in [2.45, 2.75) is 30.9 Å². The van der Waals surface area contributed by atoms with Crippen LogP contribution < -0.4 is 0 Å². The van der Waals surface area contributed by atoms with Crippen LogP contribution in [0.15, 0.2) is 41.3 Å². The van der Waals surface area contributed by atoms with Crippen molar-refractivity contribution < 1.29 is 17.6 Å². The maximum absolute atomic E-state index is 12.9. The summed E-state index contributed by atoms with van der Waals surface area (Å²) in [5, 5.41) is -1.22. The van der Waals surface area contributed by atoms with Crippen molar-refractivity contribution in [3.8, 4) is 0 Å². The van der Waals surface area contributed by atoms with Gasteiger partial charge in [0, 0.05) is 13.1 Å². The maximum atomic E-state index is 12.9. The van der Waals surface area contributed by atoms with Crippen molar-refractivity contribution in [1.82, 2.24) is 4.90 Å². The first kappa shape index (κ1) is 17.4. The molecule has 0 bridgehead atoms. The van der Waals surface area contributed by atoms with Crippen LogP contribution in [0.5, 0.6) is 0 Å². The quantitative estimate of drug-likeness (QED) is 0.598. The Bertz CT molecular complexity index is 623. The van der Waals surface area contributed by atoms with Gasteiger partial charge in [-0.2, -0.15) is 0 Å². The summed E-state index contributed by atoms with van der Waals surface area (Å²) < 4.78 is 37.7. The van der Waals surface area contributed by atoms with Crippen LogP contribution in [-0.4, -0.2) is 37.6 Å². The van der Waals surface area contributed by atoms with Gasteiger partial charge >= 0.3 is 0 Å². The second kappa shape index (κ2) is 6.85. The molecule has 1 atom stereocenters. The van der Waals surface area contributed by atoms with Crippen LogP contribution in [0.4, 0.5) is 4.39 Å². The van der Waals surface area contributed by atoms with Crippen molar-refractivity contribution in [2.75, 3.05) is 13.1 Å². The molecule has 0 radical (unpaired) electrons. The molecule has 21 heavy (non-hydrogen) atoms. The SMILES string of the molecule is C=C(C)CN(CC)C(=O)[C@@H](C)S(=O)(=O)c1ccc(F)cc1. The molecule has 0 unspecified atom stereocenters. The van der Waals surface area contributed by atoms with Gasteiger partial charge in [0.05, 0.1) is 4.90 Å². The molecule has 0 spiro atoms. The number of carbonyl (C=O) groups is 1. The number of likely N-dealkylation sites (N-methyl/N-ethyl adjacent to an activating group) is 1. The number of benzene rings is 1. The Morgan fingerprint density at radius 3 is 2.29 bits per heavy atom. The summed E-state index contributed by atoms with van der Waals surface area (Å²) in [5.74, 6) is -1.00. The van der Waals surface area contributed by atoms with Crippen LogP contribution in [0, 0.1) is 5.82 Å². The molecule has 1 aromatic carbocycles. The number of nitrogens with zero attached hydrogens (tertiary/aromatic N) is 1. The number of hydrogen-bond acceptors (Lipinski definition) is 3. The molecule has 0 aromatic heterocycles. The first-order valence-electron chi connectivity index (χ1n) is 6.62. The van der Waals surface area contributed by atoms with Gasteiger partial charge in [0.1, 0.15) is 11.1 Å². The Labute approximate surface area is 125 Å². The number of halogens is 1. The highest BCUT2D eigenvalue weighted by molar-refractivity contribution is 7.92. The van der Waals surface area contributed by atoms with Crippen molar-refractivity contribution in [1.29, 1.82) is 0 Å². The summed E-state index contributed by atoms with van der Waals surface area (Å²) in [5.41, 5.74) is 0.775. The van der Waals surface area contributed by atoms with Gasteiger partial charge in [0.25, 0.3) is 0 Å². The minimum Gasteiger partial charge on any atom is -0.338 e. The Balaban J connectivity index is 3.04. The van der Waals surface area contributed by atoms with E-state index >= 15 is 0 Å². The summed E-state index contributed by atoms with van der Waals surface area (Å²) in [6, 6.07) is 4.47.